The smallest absolute Gasteiger partial charge is 0.307 e. The average Bonchev–Trinajstić information content (AvgIpc) is 2.52. The molecule has 21 heavy (non-hydrogen) atoms. The Kier molecular flexibility index (Phi) is 7.32. The first-order chi connectivity index (χ1) is 10.1. The van der Waals surface area contributed by atoms with Crippen molar-refractivity contribution >= 4 is 5.97 Å². The second-order valence-corrected chi connectivity index (χ2v) is 4.56. The number of rotatable bonds is 9. The van der Waals surface area contributed by atoms with Gasteiger partial charge in [-0.05, 0) is 18.1 Å². The first-order valence-corrected chi connectivity index (χ1v) is 6.76. The van der Waals surface area contributed by atoms with Gasteiger partial charge in [-0.15, -0.1) is 6.58 Å². The molecule has 1 atom stereocenters. The lowest BCUT2D eigenvalue weighted by Crippen LogP contribution is -2.34. The molecule has 0 amide bonds. The van der Waals surface area contributed by atoms with Gasteiger partial charge in [0.05, 0.1) is 27.8 Å². The number of esters is 1. The third kappa shape index (κ3) is 5.47. The number of hydrogen-bond acceptors (Lipinski definition) is 5. The monoisotopic (exact) mass is 293 g/mol. The van der Waals surface area contributed by atoms with Gasteiger partial charge in [-0.2, -0.15) is 0 Å². The normalized spacial score (nSPS) is 11.6. The summed E-state index contributed by atoms with van der Waals surface area (Å²) < 4.78 is 15.3. The summed E-state index contributed by atoms with van der Waals surface area (Å²) in [5.74, 6) is 1.23. The second-order valence-electron chi connectivity index (χ2n) is 4.56. The fraction of sp³-hybridized carbons (Fsp3) is 0.438. The SMILES string of the molecule is C=CCNC(CC(=O)OC)Cc1ccc(OC)cc1OC. The van der Waals surface area contributed by atoms with Crippen LogP contribution in [0.5, 0.6) is 11.5 Å². The van der Waals surface area contributed by atoms with Crippen LogP contribution in [0.1, 0.15) is 12.0 Å². The summed E-state index contributed by atoms with van der Waals surface area (Å²) in [4.78, 5) is 11.5. The van der Waals surface area contributed by atoms with Crippen molar-refractivity contribution in [3.63, 3.8) is 0 Å². The molecule has 0 radical (unpaired) electrons. The van der Waals surface area contributed by atoms with Crippen molar-refractivity contribution in [2.24, 2.45) is 0 Å². The summed E-state index contributed by atoms with van der Waals surface area (Å²) in [5.41, 5.74) is 1.00. The van der Waals surface area contributed by atoms with Crippen molar-refractivity contribution in [1.29, 1.82) is 0 Å². The number of hydrogen-bond donors (Lipinski definition) is 1. The molecule has 0 heterocycles. The van der Waals surface area contributed by atoms with E-state index in [-0.39, 0.29) is 12.0 Å². The molecule has 116 valence electrons. The first-order valence-electron chi connectivity index (χ1n) is 6.76. The summed E-state index contributed by atoms with van der Waals surface area (Å²) in [6, 6.07) is 5.61. The van der Waals surface area contributed by atoms with Crippen molar-refractivity contribution in [3.8, 4) is 11.5 Å². The van der Waals surface area contributed by atoms with E-state index in [4.69, 9.17) is 14.2 Å². The van der Waals surface area contributed by atoms with Crippen LogP contribution < -0.4 is 14.8 Å². The van der Waals surface area contributed by atoms with E-state index >= 15 is 0 Å². The second kappa shape index (κ2) is 9.02. The van der Waals surface area contributed by atoms with E-state index in [1.165, 1.54) is 7.11 Å². The molecule has 1 aromatic rings. The Morgan fingerprint density at radius 1 is 1.33 bits per heavy atom. The molecule has 5 nitrogen and oxygen atoms in total. The quantitative estimate of drug-likeness (QED) is 0.557. The average molecular weight is 293 g/mol. The predicted molar refractivity (Wildman–Crippen MR) is 81.9 cm³/mol. The molecule has 0 spiro atoms. The van der Waals surface area contributed by atoms with Gasteiger partial charge in [0.25, 0.3) is 0 Å². The fourth-order valence-corrected chi connectivity index (χ4v) is 2.04. The van der Waals surface area contributed by atoms with Gasteiger partial charge in [0.2, 0.25) is 0 Å². The molecule has 5 heteroatoms. The van der Waals surface area contributed by atoms with E-state index in [1.54, 1.807) is 20.3 Å². The van der Waals surface area contributed by atoms with Crippen LogP contribution >= 0.6 is 0 Å². The Labute approximate surface area is 125 Å². The molecule has 0 aliphatic carbocycles. The first kappa shape index (κ1) is 17.0. The zero-order valence-corrected chi connectivity index (χ0v) is 12.8. The summed E-state index contributed by atoms with van der Waals surface area (Å²) >= 11 is 0. The van der Waals surface area contributed by atoms with Gasteiger partial charge < -0.3 is 19.5 Å². The molecule has 0 aromatic heterocycles. The van der Waals surface area contributed by atoms with Crippen LogP contribution in [0.3, 0.4) is 0 Å². The largest absolute Gasteiger partial charge is 0.497 e. The van der Waals surface area contributed by atoms with E-state index in [0.29, 0.717) is 19.4 Å². The molecule has 0 saturated heterocycles. The van der Waals surface area contributed by atoms with E-state index in [0.717, 1.165) is 17.1 Å². The van der Waals surface area contributed by atoms with Crippen LogP contribution in [0, 0.1) is 0 Å². The molecular weight excluding hydrogens is 270 g/mol. The van der Waals surface area contributed by atoms with Crippen LogP contribution in [-0.2, 0) is 16.0 Å². The van der Waals surface area contributed by atoms with Gasteiger partial charge in [0, 0.05) is 18.7 Å². The Bertz CT molecular complexity index is 473. The van der Waals surface area contributed by atoms with Crippen LogP contribution in [0.25, 0.3) is 0 Å². The van der Waals surface area contributed by atoms with Crippen LogP contribution in [0.4, 0.5) is 0 Å². The highest BCUT2D eigenvalue weighted by Crippen LogP contribution is 2.26. The predicted octanol–water partition coefficient (Wildman–Crippen LogP) is 1.95. The fourth-order valence-electron chi connectivity index (χ4n) is 2.04. The Balaban J connectivity index is 2.85. The maximum Gasteiger partial charge on any atom is 0.307 e. The number of nitrogens with one attached hydrogen (secondary N) is 1. The summed E-state index contributed by atoms with van der Waals surface area (Å²) in [6.45, 7) is 4.30. The minimum absolute atomic E-state index is 0.0438. The van der Waals surface area contributed by atoms with Gasteiger partial charge >= 0.3 is 5.97 Å². The highest BCUT2D eigenvalue weighted by molar-refractivity contribution is 5.70. The van der Waals surface area contributed by atoms with Gasteiger partial charge in [0.15, 0.2) is 0 Å². The van der Waals surface area contributed by atoms with Gasteiger partial charge in [-0.3, -0.25) is 4.79 Å². The zero-order valence-electron chi connectivity index (χ0n) is 12.8. The molecule has 1 N–H and O–H groups in total. The van der Waals surface area contributed by atoms with Crippen molar-refractivity contribution < 1.29 is 19.0 Å². The van der Waals surface area contributed by atoms with Gasteiger partial charge in [-0.1, -0.05) is 12.1 Å². The molecule has 1 aromatic carbocycles. The van der Waals surface area contributed by atoms with Gasteiger partial charge in [0.1, 0.15) is 11.5 Å². The van der Waals surface area contributed by atoms with Gasteiger partial charge in [-0.25, -0.2) is 0 Å². The summed E-state index contributed by atoms with van der Waals surface area (Å²) in [7, 11) is 4.62. The van der Waals surface area contributed by atoms with Crippen molar-refractivity contribution in [2.75, 3.05) is 27.9 Å². The Morgan fingerprint density at radius 2 is 2.10 bits per heavy atom. The van der Waals surface area contributed by atoms with Crippen molar-refractivity contribution in [2.45, 2.75) is 18.9 Å². The molecular formula is C16H23NO4. The lowest BCUT2D eigenvalue weighted by molar-refractivity contribution is -0.141. The number of methoxy groups -OCH3 is 3. The minimum Gasteiger partial charge on any atom is -0.497 e. The van der Waals surface area contributed by atoms with E-state index in [1.807, 2.05) is 18.2 Å². The number of carbonyl (C=O) groups is 1. The lowest BCUT2D eigenvalue weighted by Gasteiger charge is -2.18. The minimum atomic E-state index is -0.246. The molecule has 0 fully saturated rings. The van der Waals surface area contributed by atoms with E-state index < -0.39 is 0 Å². The van der Waals surface area contributed by atoms with Crippen LogP contribution in [0.2, 0.25) is 0 Å². The van der Waals surface area contributed by atoms with E-state index in [2.05, 4.69) is 11.9 Å². The van der Waals surface area contributed by atoms with Crippen LogP contribution in [-0.4, -0.2) is 39.9 Å². The highest BCUT2D eigenvalue weighted by Gasteiger charge is 2.16. The lowest BCUT2D eigenvalue weighted by atomic mass is 10.0. The number of carbonyl (C=O) groups excluding carboxylic acids is 1. The molecule has 1 unspecified atom stereocenters. The maximum atomic E-state index is 11.5. The summed E-state index contributed by atoms with van der Waals surface area (Å²) in [5, 5.41) is 3.26. The molecule has 0 saturated carbocycles. The van der Waals surface area contributed by atoms with Crippen molar-refractivity contribution in [3.05, 3.63) is 36.4 Å². The number of benzene rings is 1. The third-order valence-electron chi connectivity index (χ3n) is 3.15. The Hall–Kier alpha value is -2.01. The molecule has 1 rings (SSSR count). The molecule has 0 aliphatic heterocycles. The highest BCUT2D eigenvalue weighted by atomic mass is 16.5. The molecule has 0 bridgehead atoms. The standard InChI is InChI=1S/C16H23NO4/c1-5-8-17-13(10-16(18)21-4)9-12-6-7-14(19-2)11-15(12)20-3/h5-7,11,13,17H,1,8-10H2,2-4H3. The third-order valence-corrected chi connectivity index (χ3v) is 3.15. The summed E-state index contributed by atoms with van der Waals surface area (Å²) in [6.07, 6.45) is 2.70. The molecule has 0 aliphatic rings. The maximum absolute atomic E-state index is 11.5. The number of ether oxygens (including phenoxy) is 3. The van der Waals surface area contributed by atoms with Crippen LogP contribution in [0.15, 0.2) is 30.9 Å². The van der Waals surface area contributed by atoms with E-state index in [9.17, 15) is 4.79 Å². The van der Waals surface area contributed by atoms with Crippen molar-refractivity contribution in [1.82, 2.24) is 5.32 Å². The zero-order chi connectivity index (χ0) is 15.7. The Morgan fingerprint density at radius 3 is 2.67 bits per heavy atom. The topological polar surface area (TPSA) is 56.8 Å².